The van der Waals surface area contributed by atoms with Gasteiger partial charge in [0.2, 0.25) is 11.6 Å². The lowest BCUT2D eigenvalue weighted by molar-refractivity contribution is -0.0178. The topological polar surface area (TPSA) is 27.7 Å². The highest BCUT2D eigenvalue weighted by Crippen LogP contribution is 2.38. The molecule has 1 aliphatic carbocycles. The smallest absolute Gasteiger partial charge is 0.204 e. The molecule has 1 aromatic carbocycles. The highest BCUT2D eigenvalue weighted by molar-refractivity contribution is 5.35. The summed E-state index contributed by atoms with van der Waals surface area (Å²) in [5, 5.41) is 0. The van der Waals surface area contributed by atoms with Crippen LogP contribution in [-0.2, 0) is 4.74 Å². The van der Waals surface area contributed by atoms with Crippen LogP contribution in [0.2, 0.25) is 0 Å². The lowest BCUT2D eigenvalue weighted by Crippen LogP contribution is -2.32. The molecule has 2 aliphatic rings. The van der Waals surface area contributed by atoms with E-state index in [-0.39, 0.29) is 17.6 Å². The number of hydrogen-bond acceptors (Lipinski definition) is 3. The van der Waals surface area contributed by atoms with Crippen LogP contribution in [0.15, 0.2) is 24.3 Å². The average Bonchev–Trinajstić information content (AvgIpc) is 2.75. The van der Waals surface area contributed by atoms with Crippen molar-refractivity contribution in [3.05, 3.63) is 35.9 Å². The Kier molecular flexibility index (Phi) is 8.34. The third-order valence-corrected chi connectivity index (χ3v) is 6.26. The summed E-state index contributed by atoms with van der Waals surface area (Å²) in [4.78, 5) is 0. The zero-order valence-corrected chi connectivity index (χ0v) is 17.7. The van der Waals surface area contributed by atoms with Gasteiger partial charge in [-0.15, -0.1) is 0 Å². The minimum absolute atomic E-state index is 0.0239. The lowest BCUT2D eigenvalue weighted by atomic mass is 9.74. The van der Waals surface area contributed by atoms with E-state index in [1.807, 2.05) is 13.8 Å². The van der Waals surface area contributed by atoms with Crippen LogP contribution in [-0.4, -0.2) is 25.9 Å². The maximum atomic E-state index is 14.2. The maximum absolute atomic E-state index is 14.2. The van der Waals surface area contributed by atoms with E-state index in [1.54, 1.807) is 0 Å². The van der Waals surface area contributed by atoms with E-state index in [9.17, 15) is 8.78 Å². The van der Waals surface area contributed by atoms with Crippen molar-refractivity contribution in [2.45, 2.75) is 64.9 Å². The first-order chi connectivity index (χ1) is 14.1. The van der Waals surface area contributed by atoms with E-state index in [4.69, 9.17) is 14.2 Å². The molecule has 0 radical (unpaired) electrons. The molecular weight excluding hydrogens is 374 g/mol. The summed E-state index contributed by atoms with van der Waals surface area (Å²) >= 11 is 0. The molecule has 0 spiro atoms. The van der Waals surface area contributed by atoms with Crippen LogP contribution in [0.25, 0.3) is 0 Å². The van der Waals surface area contributed by atoms with Gasteiger partial charge < -0.3 is 14.2 Å². The summed E-state index contributed by atoms with van der Waals surface area (Å²) in [6.07, 6.45) is 12.1. The molecule has 29 heavy (non-hydrogen) atoms. The lowest BCUT2D eigenvalue weighted by Gasteiger charge is -2.37. The second kappa shape index (κ2) is 11.0. The number of halogens is 2. The molecule has 0 aromatic heterocycles. The second-order valence-electron chi connectivity index (χ2n) is 8.37. The minimum atomic E-state index is -0.965. The fourth-order valence-corrected chi connectivity index (χ4v) is 4.51. The third kappa shape index (κ3) is 5.94. The van der Waals surface area contributed by atoms with Gasteiger partial charge in [-0.05, 0) is 81.8 Å². The van der Waals surface area contributed by atoms with E-state index in [2.05, 4.69) is 12.2 Å². The van der Waals surface area contributed by atoms with Gasteiger partial charge in [-0.2, -0.15) is 8.78 Å². The number of hydrogen-bond donors (Lipinski definition) is 0. The molecule has 0 N–H and O–H groups in total. The number of benzene rings is 1. The monoisotopic (exact) mass is 408 g/mol. The van der Waals surface area contributed by atoms with Gasteiger partial charge >= 0.3 is 0 Å². The summed E-state index contributed by atoms with van der Waals surface area (Å²) < 4.78 is 45.2. The average molecular weight is 409 g/mol. The summed E-state index contributed by atoms with van der Waals surface area (Å²) in [6, 6.07) is 2.92. The summed E-state index contributed by atoms with van der Waals surface area (Å²) in [7, 11) is 0. The second-order valence-corrected chi connectivity index (χ2v) is 8.37. The van der Waals surface area contributed by atoms with Crippen LogP contribution < -0.4 is 9.47 Å². The first kappa shape index (κ1) is 22.1. The molecule has 3 nitrogen and oxygen atoms in total. The maximum Gasteiger partial charge on any atom is 0.204 e. The first-order valence-electron chi connectivity index (χ1n) is 11.1. The molecule has 2 atom stereocenters. The Labute approximate surface area is 173 Å². The summed E-state index contributed by atoms with van der Waals surface area (Å²) in [6.45, 7) is 5.61. The molecule has 1 saturated heterocycles. The van der Waals surface area contributed by atoms with Gasteiger partial charge in [0.1, 0.15) is 0 Å². The Hall–Kier alpha value is -1.62. The van der Waals surface area contributed by atoms with E-state index >= 15 is 0 Å². The third-order valence-electron chi connectivity index (χ3n) is 6.26. The summed E-state index contributed by atoms with van der Waals surface area (Å²) in [5.74, 6) is -0.240. The van der Waals surface area contributed by atoms with Crippen LogP contribution in [0.3, 0.4) is 0 Å². The molecule has 2 unspecified atom stereocenters. The minimum Gasteiger partial charge on any atom is -0.490 e. The van der Waals surface area contributed by atoms with Crippen LogP contribution in [0.4, 0.5) is 8.78 Å². The highest BCUT2D eigenvalue weighted by Gasteiger charge is 2.31. The van der Waals surface area contributed by atoms with Crippen LogP contribution >= 0.6 is 0 Å². The number of ether oxygens (including phenoxy) is 3. The van der Waals surface area contributed by atoms with Crippen molar-refractivity contribution in [2.24, 2.45) is 17.8 Å². The predicted molar refractivity (Wildman–Crippen MR) is 110 cm³/mol. The Morgan fingerprint density at radius 1 is 0.966 bits per heavy atom. The molecule has 1 heterocycles. The quantitative estimate of drug-likeness (QED) is 0.472. The van der Waals surface area contributed by atoms with Crippen molar-refractivity contribution in [1.82, 2.24) is 0 Å². The molecule has 0 amide bonds. The van der Waals surface area contributed by atoms with Crippen molar-refractivity contribution in [1.29, 1.82) is 0 Å². The molecule has 1 aromatic rings. The molecule has 5 heteroatoms. The zero-order chi connectivity index (χ0) is 20.6. The van der Waals surface area contributed by atoms with E-state index in [0.717, 1.165) is 45.1 Å². The predicted octanol–water partition coefficient (Wildman–Crippen LogP) is 6.31. The number of rotatable bonds is 8. The molecule has 2 fully saturated rings. The van der Waals surface area contributed by atoms with E-state index in [0.29, 0.717) is 31.0 Å². The van der Waals surface area contributed by atoms with Crippen molar-refractivity contribution < 1.29 is 23.0 Å². The fraction of sp³-hybridized carbons (Fsp3) is 0.667. The first-order valence-corrected chi connectivity index (χ1v) is 11.1. The molecule has 1 saturated carbocycles. The van der Waals surface area contributed by atoms with Gasteiger partial charge in [0.15, 0.2) is 11.5 Å². The zero-order valence-electron chi connectivity index (χ0n) is 17.7. The van der Waals surface area contributed by atoms with Gasteiger partial charge in [0.25, 0.3) is 0 Å². The van der Waals surface area contributed by atoms with Gasteiger partial charge in [-0.1, -0.05) is 19.1 Å². The largest absolute Gasteiger partial charge is 0.490 e. The summed E-state index contributed by atoms with van der Waals surface area (Å²) in [5.41, 5.74) is 0. The molecule has 162 valence electrons. The normalized spacial score (nSPS) is 27.9. The van der Waals surface area contributed by atoms with Gasteiger partial charge in [-0.3, -0.25) is 0 Å². The molecule has 0 bridgehead atoms. The van der Waals surface area contributed by atoms with Crippen LogP contribution in [0.5, 0.6) is 11.5 Å². The van der Waals surface area contributed by atoms with Gasteiger partial charge in [-0.25, -0.2) is 0 Å². The van der Waals surface area contributed by atoms with Crippen molar-refractivity contribution >= 4 is 0 Å². The Balaban J connectivity index is 1.43. The van der Waals surface area contributed by atoms with E-state index in [1.165, 1.54) is 18.6 Å². The van der Waals surface area contributed by atoms with Crippen molar-refractivity contribution in [2.75, 3.05) is 19.8 Å². The Morgan fingerprint density at radius 3 is 2.21 bits per heavy atom. The SMILES string of the molecule is CC=CC1CCC(C2CCC(COc3ccc(OCCC)c(F)c3F)CC2)CO1. The Morgan fingerprint density at radius 2 is 1.62 bits per heavy atom. The standard InChI is InChI=1S/C24H34F2O3/c1-3-5-20-11-10-19(16-28-20)18-8-6-17(7-9-18)15-29-22-13-12-21(27-14-4-2)23(25)24(22)26/h3,5,12-13,17-20H,4,6-11,14-16H2,1-2H3. The van der Waals surface area contributed by atoms with Crippen molar-refractivity contribution in [3.8, 4) is 11.5 Å². The fourth-order valence-electron chi connectivity index (χ4n) is 4.51. The molecule has 3 rings (SSSR count). The van der Waals surface area contributed by atoms with Crippen LogP contribution in [0, 0.1) is 29.4 Å². The molecule has 1 aliphatic heterocycles. The van der Waals surface area contributed by atoms with E-state index < -0.39 is 11.6 Å². The van der Waals surface area contributed by atoms with Crippen molar-refractivity contribution in [3.63, 3.8) is 0 Å². The van der Waals surface area contributed by atoms with Crippen LogP contribution in [0.1, 0.15) is 58.8 Å². The highest BCUT2D eigenvalue weighted by atomic mass is 19.2. The molecular formula is C24H34F2O3. The van der Waals surface area contributed by atoms with Gasteiger partial charge in [0.05, 0.1) is 25.9 Å². The number of allylic oxidation sites excluding steroid dienone is 1. The Bertz CT molecular complexity index is 660. The van der Waals surface area contributed by atoms with Gasteiger partial charge in [0, 0.05) is 0 Å².